The summed E-state index contributed by atoms with van der Waals surface area (Å²) < 4.78 is 7.97. The van der Waals surface area contributed by atoms with Crippen LogP contribution in [-0.4, -0.2) is 31.7 Å². The minimum absolute atomic E-state index is 0.0878. The molecular formula is C23H21ClN4O2. The van der Waals surface area contributed by atoms with E-state index in [9.17, 15) is 4.79 Å². The lowest BCUT2D eigenvalue weighted by Gasteiger charge is -2.21. The Labute approximate surface area is 179 Å². The van der Waals surface area contributed by atoms with Crippen LogP contribution in [-0.2, 0) is 6.42 Å². The van der Waals surface area contributed by atoms with E-state index in [0.29, 0.717) is 29.6 Å². The normalized spacial score (nSPS) is 16.5. The van der Waals surface area contributed by atoms with Crippen molar-refractivity contribution in [2.45, 2.75) is 32.2 Å². The quantitative estimate of drug-likeness (QED) is 0.473. The van der Waals surface area contributed by atoms with Gasteiger partial charge in [0.2, 0.25) is 5.89 Å². The Kier molecular flexibility index (Phi) is 4.79. The average Bonchev–Trinajstić information content (AvgIpc) is 3.47. The number of carbonyl (C=O) groups excluding carboxylic acids is 1. The summed E-state index contributed by atoms with van der Waals surface area (Å²) in [6.07, 6.45) is 5.90. The van der Waals surface area contributed by atoms with Gasteiger partial charge in [0.25, 0.3) is 5.91 Å². The van der Waals surface area contributed by atoms with E-state index in [1.54, 1.807) is 6.20 Å². The maximum Gasteiger partial charge on any atom is 0.274 e. The number of imidazole rings is 1. The Bertz CT molecular complexity index is 1230. The number of amides is 1. The molecular weight excluding hydrogens is 400 g/mol. The second-order valence-electron chi connectivity index (χ2n) is 7.65. The Morgan fingerprint density at radius 1 is 1.27 bits per heavy atom. The average molecular weight is 421 g/mol. The minimum Gasteiger partial charge on any atom is -0.443 e. The van der Waals surface area contributed by atoms with E-state index in [1.165, 1.54) is 0 Å². The number of nitrogens with zero attached hydrogens (tertiary/aromatic N) is 4. The number of likely N-dealkylation sites (tertiary alicyclic amines) is 1. The Balaban J connectivity index is 1.37. The van der Waals surface area contributed by atoms with Gasteiger partial charge in [-0.05, 0) is 49.6 Å². The molecule has 6 nitrogen and oxygen atoms in total. The monoisotopic (exact) mass is 420 g/mol. The predicted molar refractivity (Wildman–Crippen MR) is 114 cm³/mol. The summed E-state index contributed by atoms with van der Waals surface area (Å²) in [7, 11) is 0. The summed E-state index contributed by atoms with van der Waals surface area (Å²) in [6, 6.07) is 13.4. The zero-order valence-corrected chi connectivity index (χ0v) is 17.3. The number of fused-ring (bicyclic) bond motifs is 1. The van der Waals surface area contributed by atoms with Crippen molar-refractivity contribution in [3.63, 3.8) is 0 Å². The molecule has 4 heterocycles. The highest BCUT2D eigenvalue weighted by Gasteiger charge is 2.34. The van der Waals surface area contributed by atoms with E-state index in [-0.39, 0.29) is 11.9 Å². The lowest BCUT2D eigenvalue weighted by atomic mass is 10.1. The van der Waals surface area contributed by atoms with E-state index >= 15 is 0 Å². The molecule has 30 heavy (non-hydrogen) atoms. The molecule has 1 aliphatic rings. The van der Waals surface area contributed by atoms with Crippen LogP contribution in [0.5, 0.6) is 0 Å². The van der Waals surface area contributed by atoms with E-state index in [1.807, 2.05) is 64.9 Å². The molecule has 1 fully saturated rings. The number of hydrogen-bond acceptors (Lipinski definition) is 4. The molecule has 1 aromatic carbocycles. The number of benzene rings is 1. The van der Waals surface area contributed by atoms with Crippen LogP contribution in [0.25, 0.3) is 5.65 Å². The molecule has 0 unspecified atom stereocenters. The SMILES string of the molecule is Cc1cccc2nc(C(=O)N3CCC[C@@H]3c3ncc(Cc4cccc(Cl)c4)o3)cn12. The van der Waals surface area contributed by atoms with Gasteiger partial charge in [-0.1, -0.05) is 29.8 Å². The third-order valence-electron chi connectivity index (χ3n) is 5.55. The maximum absolute atomic E-state index is 13.2. The lowest BCUT2D eigenvalue weighted by molar-refractivity contribution is 0.0709. The summed E-state index contributed by atoms with van der Waals surface area (Å²) in [5.41, 5.74) is 3.32. The summed E-state index contributed by atoms with van der Waals surface area (Å²) in [5, 5.41) is 0.697. The molecule has 3 aromatic heterocycles. The molecule has 0 N–H and O–H groups in total. The van der Waals surface area contributed by atoms with Crippen LogP contribution in [0.3, 0.4) is 0 Å². The fourth-order valence-corrected chi connectivity index (χ4v) is 4.28. The van der Waals surface area contributed by atoms with Crippen molar-refractivity contribution in [3.05, 3.63) is 88.5 Å². The molecule has 1 saturated heterocycles. The van der Waals surface area contributed by atoms with Gasteiger partial charge >= 0.3 is 0 Å². The standard InChI is InChI=1S/C23H21ClN4O2/c1-15-5-2-9-21-26-19(14-28(15)21)23(29)27-10-4-8-20(27)22-25-13-18(30-22)12-16-6-3-7-17(24)11-16/h2-3,5-7,9,11,13-14,20H,4,8,10,12H2,1H3/t20-/m1/s1. The second kappa shape index (κ2) is 7.61. The highest BCUT2D eigenvalue weighted by Crippen LogP contribution is 2.33. The highest BCUT2D eigenvalue weighted by molar-refractivity contribution is 6.30. The van der Waals surface area contributed by atoms with Crippen molar-refractivity contribution in [2.75, 3.05) is 6.54 Å². The van der Waals surface area contributed by atoms with Gasteiger partial charge in [-0.3, -0.25) is 4.79 Å². The van der Waals surface area contributed by atoms with E-state index in [4.69, 9.17) is 16.0 Å². The zero-order valence-electron chi connectivity index (χ0n) is 16.6. The fourth-order valence-electron chi connectivity index (χ4n) is 4.07. The van der Waals surface area contributed by atoms with Crippen molar-refractivity contribution in [2.24, 2.45) is 0 Å². The number of aryl methyl sites for hydroxylation is 1. The molecule has 4 aromatic rings. The second-order valence-corrected chi connectivity index (χ2v) is 8.09. The maximum atomic E-state index is 13.2. The van der Waals surface area contributed by atoms with Crippen molar-refractivity contribution in [1.82, 2.24) is 19.3 Å². The summed E-state index contributed by atoms with van der Waals surface area (Å²) in [5.74, 6) is 1.25. The molecule has 7 heteroatoms. The zero-order chi connectivity index (χ0) is 20.7. The van der Waals surface area contributed by atoms with Crippen LogP contribution in [0.2, 0.25) is 5.02 Å². The van der Waals surface area contributed by atoms with Crippen LogP contribution < -0.4 is 0 Å². The first kappa shape index (κ1) is 18.9. The van der Waals surface area contributed by atoms with Crippen LogP contribution in [0.15, 0.2) is 59.3 Å². The van der Waals surface area contributed by atoms with Crippen molar-refractivity contribution < 1.29 is 9.21 Å². The van der Waals surface area contributed by atoms with Crippen LogP contribution in [0.1, 0.15) is 52.3 Å². The molecule has 5 rings (SSSR count). The topological polar surface area (TPSA) is 63.6 Å². The summed E-state index contributed by atoms with van der Waals surface area (Å²) in [4.78, 5) is 24.0. The number of hydrogen-bond donors (Lipinski definition) is 0. The number of halogens is 1. The lowest BCUT2D eigenvalue weighted by Crippen LogP contribution is -2.31. The molecule has 1 atom stereocenters. The van der Waals surface area contributed by atoms with Gasteiger partial charge in [-0.2, -0.15) is 0 Å². The first-order chi connectivity index (χ1) is 14.6. The van der Waals surface area contributed by atoms with Crippen LogP contribution >= 0.6 is 11.6 Å². The molecule has 0 spiro atoms. The molecule has 152 valence electrons. The van der Waals surface area contributed by atoms with Gasteiger partial charge in [0.05, 0.1) is 6.20 Å². The molecule has 1 aliphatic heterocycles. The number of oxazole rings is 1. The molecule has 1 amide bonds. The van der Waals surface area contributed by atoms with Crippen molar-refractivity contribution in [1.29, 1.82) is 0 Å². The molecule has 0 saturated carbocycles. The number of rotatable bonds is 4. The van der Waals surface area contributed by atoms with E-state index in [0.717, 1.165) is 35.5 Å². The van der Waals surface area contributed by atoms with Gasteiger partial charge < -0.3 is 13.7 Å². The largest absolute Gasteiger partial charge is 0.443 e. The highest BCUT2D eigenvalue weighted by atomic mass is 35.5. The van der Waals surface area contributed by atoms with E-state index in [2.05, 4.69) is 9.97 Å². The van der Waals surface area contributed by atoms with Crippen LogP contribution in [0.4, 0.5) is 0 Å². The van der Waals surface area contributed by atoms with Crippen molar-refractivity contribution >= 4 is 23.2 Å². The smallest absolute Gasteiger partial charge is 0.274 e. The molecule has 0 radical (unpaired) electrons. The third-order valence-corrected chi connectivity index (χ3v) is 5.79. The fraction of sp³-hybridized carbons (Fsp3) is 0.261. The predicted octanol–water partition coefficient (Wildman–Crippen LogP) is 4.85. The summed E-state index contributed by atoms with van der Waals surface area (Å²) in [6.45, 7) is 2.66. The Morgan fingerprint density at radius 3 is 2.97 bits per heavy atom. The Hall–Kier alpha value is -3.12. The Morgan fingerprint density at radius 2 is 2.13 bits per heavy atom. The number of pyridine rings is 1. The minimum atomic E-state index is -0.170. The van der Waals surface area contributed by atoms with Gasteiger partial charge in [0, 0.05) is 29.9 Å². The van der Waals surface area contributed by atoms with Crippen LogP contribution in [0, 0.1) is 6.92 Å². The van der Waals surface area contributed by atoms with E-state index < -0.39 is 0 Å². The first-order valence-electron chi connectivity index (χ1n) is 10.0. The number of aromatic nitrogens is 3. The third kappa shape index (κ3) is 3.48. The van der Waals surface area contributed by atoms with Gasteiger partial charge in [-0.25, -0.2) is 9.97 Å². The molecule has 0 bridgehead atoms. The summed E-state index contributed by atoms with van der Waals surface area (Å²) >= 11 is 6.07. The van der Waals surface area contributed by atoms with Gasteiger partial charge in [-0.15, -0.1) is 0 Å². The number of carbonyl (C=O) groups is 1. The first-order valence-corrected chi connectivity index (χ1v) is 10.4. The van der Waals surface area contributed by atoms with Gasteiger partial charge in [0.1, 0.15) is 23.1 Å². The van der Waals surface area contributed by atoms with Gasteiger partial charge in [0.15, 0.2) is 0 Å². The molecule has 0 aliphatic carbocycles. The van der Waals surface area contributed by atoms with Crippen molar-refractivity contribution in [3.8, 4) is 0 Å².